The van der Waals surface area contributed by atoms with Crippen LogP contribution in [0.25, 0.3) is 0 Å². The Morgan fingerprint density at radius 1 is 1.15 bits per heavy atom. The van der Waals surface area contributed by atoms with E-state index in [9.17, 15) is 13.2 Å². The van der Waals surface area contributed by atoms with Gasteiger partial charge < -0.3 is 15.4 Å². The first-order chi connectivity index (χ1) is 16.3. The average Bonchev–Trinajstić information content (AvgIpc) is 2.83. The molecule has 1 saturated carbocycles. The zero-order valence-corrected chi connectivity index (χ0v) is 20.1. The van der Waals surface area contributed by atoms with Crippen molar-refractivity contribution in [3.63, 3.8) is 0 Å². The monoisotopic (exact) mass is 483 g/mol. The molecule has 0 saturated heterocycles. The standard InChI is InChI=1S/C24H29N5O4S/c1-33-21-11-7-6-10-20(21)22(30)26-16-24(18-8-4-3-5-9-18)14-12-19(13-15-24)28-23(27-17-25)29-34(2,31)32/h3-11,19H,12-16H2,1-2H3,(H,26,30)(H2,27,28,29)/t19-,24-. The van der Waals surface area contributed by atoms with Crippen molar-refractivity contribution < 1.29 is 17.9 Å². The molecular formula is C24H29N5O4S. The average molecular weight is 484 g/mol. The van der Waals surface area contributed by atoms with E-state index < -0.39 is 10.0 Å². The molecule has 180 valence electrons. The highest BCUT2D eigenvalue weighted by molar-refractivity contribution is 7.89. The SMILES string of the molecule is COc1ccccc1C(=O)NC[C@]1(c2ccccc2)CC[C@H](N/C(=N\C#N)NS(C)(=O)=O)CC1. The Morgan fingerprint density at radius 3 is 2.41 bits per heavy atom. The lowest BCUT2D eigenvalue weighted by Crippen LogP contribution is -2.50. The first kappa shape index (κ1) is 25.1. The minimum Gasteiger partial charge on any atom is -0.496 e. The van der Waals surface area contributed by atoms with Crippen molar-refractivity contribution >= 4 is 21.9 Å². The lowest BCUT2D eigenvalue weighted by molar-refractivity contribution is 0.0932. The van der Waals surface area contributed by atoms with Crippen molar-refractivity contribution in [3.05, 3.63) is 65.7 Å². The summed E-state index contributed by atoms with van der Waals surface area (Å²) in [7, 11) is -2.03. The minimum atomic E-state index is -3.56. The van der Waals surface area contributed by atoms with Gasteiger partial charge in [-0.25, -0.2) is 8.42 Å². The molecule has 0 unspecified atom stereocenters. The molecule has 0 heterocycles. The summed E-state index contributed by atoms with van der Waals surface area (Å²) in [5.41, 5.74) is 1.33. The van der Waals surface area contributed by atoms with Crippen LogP contribution in [0.2, 0.25) is 0 Å². The van der Waals surface area contributed by atoms with Crippen LogP contribution in [0, 0.1) is 11.5 Å². The molecule has 1 aliphatic rings. The number of amides is 1. The predicted molar refractivity (Wildman–Crippen MR) is 130 cm³/mol. The number of benzene rings is 2. The highest BCUT2D eigenvalue weighted by Crippen LogP contribution is 2.39. The molecule has 0 spiro atoms. The van der Waals surface area contributed by atoms with Gasteiger partial charge in [0.05, 0.1) is 18.9 Å². The Labute approximate surface area is 200 Å². The molecule has 0 aliphatic heterocycles. The van der Waals surface area contributed by atoms with Crippen molar-refractivity contribution in [1.29, 1.82) is 5.26 Å². The van der Waals surface area contributed by atoms with Gasteiger partial charge in [0.25, 0.3) is 5.91 Å². The van der Waals surface area contributed by atoms with Gasteiger partial charge in [-0.3, -0.25) is 9.52 Å². The second-order valence-corrected chi connectivity index (χ2v) is 10.1. The molecule has 1 fully saturated rings. The number of sulfonamides is 1. The van der Waals surface area contributed by atoms with E-state index in [4.69, 9.17) is 10.00 Å². The normalized spacial score (nSPS) is 20.6. The topological polar surface area (TPSA) is 133 Å². The molecule has 9 nitrogen and oxygen atoms in total. The molecule has 2 aromatic carbocycles. The number of carbonyl (C=O) groups excluding carboxylic acids is 1. The second kappa shape index (κ2) is 11.0. The maximum atomic E-state index is 12.9. The van der Waals surface area contributed by atoms with E-state index in [1.807, 2.05) is 24.3 Å². The number of ether oxygens (including phenoxy) is 1. The summed E-state index contributed by atoms with van der Waals surface area (Å²) in [5, 5.41) is 15.0. The lowest BCUT2D eigenvalue weighted by Gasteiger charge is -2.41. The number of nitriles is 1. The van der Waals surface area contributed by atoms with E-state index in [1.165, 1.54) is 7.11 Å². The number of hydrogen-bond acceptors (Lipinski definition) is 6. The molecule has 1 aliphatic carbocycles. The van der Waals surface area contributed by atoms with E-state index >= 15 is 0 Å². The number of para-hydroxylation sites is 1. The van der Waals surface area contributed by atoms with E-state index in [-0.39, 0.29) is 23.3 Å². The van der Waals surface area contributed by atoms with Gasteiger partial charge in [-0.05, 0) is 43.4 Å². The Hall–Kier alpha value is -3.58. The Bertz CT molecular complexity index is 1170. The molecule has 0 atom stereocenters. The maximum Gasteiger partial charge on any atom is 0.255 e. The van der Waals surface area contributed by atoms with E-state index in [2.05, 4.69) is 32.5 Å². The lowest BCUT2D eigenvalue weighted by atomic mass is 9.68. The third kappa shape index (κ3) is 6.48. The van der Waals surface area contributed by atoms with Crippen LogP contribution in [-0.2, 0) is 15.4 Å². The third-order valence-corrected chi connectivity index (χ3v) is 6.62. The highest BCUT2D eigenvalue weighted by atomic mass is 32.2. The van der Waals surface area contributed by atoms with Crippen molar-refractivity contribution in [1.82, 2.24) is 15.4 Å². The summed E-state index contributed by atoms with van der Waals surface area (Å²) in [4.78, 5) is 16.5. The molecule has 1 amide bonds. The fourth-order valence-corrected chi connectivity index (χ4v) is 4.81. The number of methoxy groups -OCH3 is 1. The molecule has 3 rings (SSSR count). The molecular weight excluding hydrogens is 454 g/mol. The first-order valence-electron chi connectivity index (χ1n) is 10.9. The third-order valence-electron chi connectivity index (χ3n) is 6.05. The van der Waals surface area contributed by atoms with Crippen molar-refractivity contribution in [3.8, 4) is 11.9 Å². The predicted octanol–water partition coefficient (Wildman–Crippen LogP) is 2.28. The number of rotatable bonds is 7. The van der Waals surface area contributed by atoms with Gasteiger partial charge in [0.2, 0.25) is 22.2 Å². The van der Waals surface area contributed by atoms with Crippen molar-refractivity contribution in [2.45, 2.75) is 37.1 Å². The summed E-state index contributed by atoms with van der Waals surface area (Å²) in [6.07, 6.45) is 5.53. The molecule has 0 bridgehead atoms. The summed E-state index contributed by atoms with van der Waals surface area (Å²) < 4.78 is 30.7. The number of aliphatic imine (C=N–C) groups is 1. The second-order valence-electron chi connectivity index (χ2n) is 8.38. The van der Waals surface area contributed by atoms with Gasteiger partial charge in [0.1, 0.15) is 5.75 Å². The zero-order valence-electron chi connectivity index (χ0n) is 19.2. The maximum absolute atomic E-state index is 12.9. The molecule has 3 N–H and O–H groups in total. The number of nitrogens with zero attached hydrogens (tertiary/aromatic N) is 2. The summed E-state index contributed by atoms with van der Waals surface area (Å²) in [6.45, 7) is 0.446. The van der Waals surface area contributed by atoms with Crippen LogP contribution in [0.3, 0.4) is 0 Å². The summed E-state index contributed by atoms with van der Waals surface area (Å²) in [5.74, 6) is 0.241. The largest absolute Gasteiger partial charge is 0.496 e. The van der Waals surface area contributed by atoms with E-state index in [0.717, 1.165) is 24.7 Å². The fraction of sp³-hybridized carbons (Fsp3) is 0.375. The van der Waals surface area contributed by atoms with Gasteiger partial charge in [-0.1, -0.05) is 42.5 Å². The van der Waals surface area contributed by atoms with Gasteiger partial charge in [-0.2, -0.15) is 5.26 Å². The number of nitrogens with one attached hydrogen (secondary N) is 3. The molecule has 0 aromatic heterocycles. The highest BCUT2D eigenvalue weighted by Gasteiger charge is 2.37. The van der Waals surface area contributed by atoms with Crippen LogP contribution < -0.4 is 20.1 Å². The quantitative estimate of drug-likeness (QED) is 0.314. The van der Waals surface area contributed by atoms with Gasteiger partial charge >= 0.3 is 0 Å². The van der Waals surface area contributed by atoms with Crippen molar-refractivity contribution in [2.24, 2.45) is 4.99 Å². The van der Waals surface area contributed by atoms with Gasteiger partial charge in [0, 0.05) is 18.0 Å². The molecule has 10 heteroatoms. The minimum absolute atomic E-state index is 0.0666. The molecule has 34 heavy (non-hydrogen) atoms. The van der Waals surface area contributed by atoms with Crippen LogP contribution in [0.4, 0.5) is 0 Å². The van der Waals surface area contributed by atoms with Crippen LogP contribution >= 0.6 is 0 Å². The zero-order chi connectivity index (χ0) is 24.6. The molecule has 0 radical (unpaired) electrons. The first-order valence-corrected chi connectivity index (χ1v) is 12.8. The molecule has 2 aromatic rings. The van der Waals surface area contributed by atoms with Crippen LogP contribution in [0.5, 0.6) is 5.75 Å². The Balaban J connectivity index is 1.74. The van der Waals surface area contributed by atoms with Crippen LogP contribution in [0.1, 0.15) is 41.6 Å². The summed E-state index contributed by atoms with van der Waals surface area (Å²) in [6, 6.07) is 17.1. The number of hydrogen-bond donors (Lipinski definition) is 3. The Morgan fingerprint density at radius 2 is 1.79 bits per heavy atom. The van der Waals surface area contributed by atoms with Gasteiger partial charge in [0.15, 0.2) is 0 Å². The van der Waals surface area contributed by atoms with Crippen LogP contribution in [-0.4, -0.2) is 46.2 Å². The number of carbonyl (C=O) groups is 1. The van der Waals surface area contributed by atoms with Crippen molar-refractivity contribution in [2.75, 3.05) is 19.9 Å². The van der Waals surface area contributed by atoms with Gasteiger partial charge in [-0.15, -0.1) is 4.99 Å². The fourth-order valence-electron chi connectivity index (χ4n) is 4.35. The smallest absolute Gasteiger partial charge is 0.255 e. The Kier molecular flexibility index (Phi) is 8.12. The van der Waals surface area contributed by atoms with E-state index in [0.29, 0.717) is 30.7 Å². The summed E-state index contributed by atoms with van der Waals surface area (Å²) >= 11 is 0. The van der Waals surface area contributed by atoms with E-state index in [1.54, 1.807) is 24.4 Å². The number of guanidine groups is 1. The van der Waals surface area contributed by atoms with Crippen LogP contribution in [0.15, 0.2) is 59.6 Å².